The van der Waals surface area contributed by atoms with Gasteiger partial charge >= 0.3 is 0 Å². The predicted octanol–water partition coefficient (Wildman–Crippen LogP) is 4.56. The smallest absolute Gasteiger partial charge is 0.163 e. The van der Waals surface area contributed by atoms with Gasteiger partial charge in [-0.05, 0) is 61.9 Å². The summed E-state index contributed by atoms with van der Waals surface area (Å²) in [5, 5.41) is 0. The lowest BCUT2D eigenvalue weighted by Crippen LogP contribution is -2.05. The molecule has 1 aliphatic rings. The molecule has 1 aliphatic carbocycles. The number of benzene rings is 2. The van der Waals surface area contributed by atoms with E-state index in [9.17, 15) is 4.79 Å². The van der Waals surface area contributed by atoms with Crippen molar-refractivity contribution in [3.05, 3.63) is 59.2 Å². The molecule has 0 aliphatic heterocycles. The molecule has 0 fully saturated rings. The van der Waals surface area contributed by atoms with Gasteiger partial charge in [0.2, 0.25) is 0 Å². The Morgan fingerprint density at radius 1 is 0.950 bits per heavy atom. The SMILES string of the molecule is CC(=O)c1ccccc1Oc1cccc2c1CCCC2. The molecule has 0 amide bonds. The maximum atomic E-state index is 11.7. The highest BCUT2D eigenvalue weighted by Gasteiger charge is 2.16. The van der Waals surface area contributed by atoms with Crippen LogP contribution >= 0.6 is 0 Å². The molecule has 2 nitrogen and oxygen atoms in total. The van der Waals surface area contributed by atoms with E-state index < -0.39 is 0 Å². The number of Topliss-reactive ketones (excluding diaryl/α,β-unsaturated/α-hetero) is 1. The average molecular weight is 266 g/mol. The van der Waals surface area contributed by atoms with Gasteiger partial charge in [0.15, 0.2) is 5.78 Å². The number of ether oxygens (including phenoxy) is 1. The topological polar surface area (TPSA) is 26.3 Å². The Hall–Kier alpha value is -2.09. The maximum Gasteiger partial charge on any atom is 0.163 e. The van der Waals surface area contributed by atoms with Gasteiger partial charge in [-0.1, -0.05) is 24.3 Å². The molecule has 0 heterocycles. The molecule has 2 aromatic rings. The Morgan fingerprint density at radius 2 is 1.70 bits per heavy atom. The molecular formula is C18H18O2. The van der Waals surface area contributed by atoms with Gasteiger partial charge in [0.25, 0.3) is 0 Å². The fourth-order valence-electron chi connectivity index (χ4n) is 2.81. The number of ketones is 1. The zero-order chi connectivity index (χ0) is 13.9. The van der Waals surface area contributed by atoms with Crippen molar-refractivity contribution >= 4 is 5.78 Å². The molecule has 0 atom stereocenters. The lowest BCUT2D eigenvalue weighted by Gasteiger charge is -2.20. The molecule has 2 aromatic carbocycles. The van der Waals surface area contributed by atoms with Crippen molar-refractivity contribution in [1.82, 2.24) is 0 Å². The van der Waals surface area contributed by atoms with Crippen molar-refractivity contribution in [2.45, 2.75) is 32.6 Å². The van der Waals surface area contributed by atoms with Crippen LogP contribution in [-0.4, -0.2) is 5.78 Å². The minimum Gasteiger partial charge on any atom is -0.456 e. The first-order valence-corrected chi connectivity index (χ1v) is 7.14. The van der Waals surface area contributed by atoms with E-state index in [1.54, 1.807) is 6.92 Å². The number of carbonyl (C=O) groups is 1. The van der Waals surface area contributed by atoms with Crippen LogP contribution in [-0.2, 0) is 12.8 Å². The summed E-state index contributed by atoms with van der Waals surface area (Å²) in [6.45, 7) is 1.57. The molecule has 20 heavy (non-hydrogen) atoms. The highest BCUT2D eigenvalue weighted by Crippen LogP contribution is 2.33. The number of rotatable bonds is 3. The van der Waals surface area contributed by atoms with Gasteiger partial charge in [-0.25, -0.2) is 0 Å². The van der Waals surface area contributed by atoms with Crippen molar-refractivity contribution in [1.29, 1.82) is 0 Å². The zero-order valence-electron chi connectivity index (χ0n) is 11.7. The van der Waals surface area contributed by atoms with Crippen LogP contribution in [0.4, 0.5) is 0 Å². The number of hydrogen-bond donors (Lipinski definition) is 0. The summed E-state index contributed by atoms with van der Waals surface area (Å²) in [5.74, 6) is 1.58. The zero-order valence-corrected chi connectivity index (χ0v) is 11.7. The van der Waals surface area contributed by atoms with Crippen molar-refractivity contribution < 1.29 is 9.53 Å². The monoisotopic (exact) mass is 266 g/mol. The summed E-state index contributed by atoms with van der Waals surface area (Å²) >= 11 is 0. The van der Waals surface area contributed by atoms with Gasteiger partial charge in [0.1, 0.15) is 11.5 Å². The molecular weight excluding hydrogens is 248 g/mol. The van der Waals surface area contributed by atoms with Crippen LogP contribution in [0.15, 0.2) is 42.5 Å². The van der Waals surface area contributed by atoms with E-state index in [-0.39, 0.29) is 5.78 Å². The van der Waals surface area contributed by atoms with E-state index in [2.05, 4.69) is 6.07 Å². The maximum absolute atomic E-state index is 11.7. The number of para-hydroxylation sites is 1. The summed E-state index contributed by atoms with van der Waals surface area (Å²) < 4.78 is 6.05. The highest BCUT2D eigenvalue weighted by molar-refractivity contribution is 5.96. The minimum atomic E-state index is 0.0328. The highest BCUT2D eigenvalue weighted by atomic mass is 16.5. The normalized spacial score (nSPS) is 13.7. The van der Waals surface area contributed by atoms with E-state index in [1.807, 2.05) is 36.4 Å². The van der Waals surface area contributed by atoms with Crippen molar-refractivity contribution in [3.8, 4) is 11.5 Å². The first-order chi connectivity index (χ1) is 9.75. The van der Waals surface area contributed by atoms with Crippen LogP contribution in [0.3, 0.4) is 0 Å². The average Bonchev–Trinajstić information content (AvgIpc) is 2.48. The number of hydrogen-bond acceptors (Lipinski definition) is 2. The fraction of sp³-hybridized carbons (Fsp3) is 0.278. The largest absolute Gasteiger partial charge is 0.456 e. The lowest BCUT2D eigenvalue weighted by atomic mass is 9.91. The first kappa shape index (κ1) is 12.9. The van der Waals surface area contributed by atoms with Crippen LogP contribution in [0, 0.1) is 0 Å². The van der Waals surface area contributed by atoms with E-state index in [1.165, 1.54) is 24.0 Å². The summed E-state index contributed by atoms with van der Waals surface area (Å²) in [5.41, 5.74) is 3.33. The summed E-state index contributed by atoms with van der Waals surface area (Å²) in [6, 6.07) is 13.7. The summed E-state index contributed by atoms with van der Waals surface area (Å²) in [4.78, 5) is 11.7. The van der Waals surface area contributed by atoms with Gasteiger partial charge in [0, 0.05) is 0 Å². The Bertz CT molecular complexity index is 644. The standard InChI is InChI=1S/C18H18O2/c1-13(19)15-9-4-5-11-17(15)20-18-12-6-8-14-7-2-3-10-16(14)18/h4-6,8-9,11-12H,2-3,7,10H2,1H3. The molecule has 0 saturated carbocycles. The fourth-order valence-corrected chi connectivity index (χ4v) is 2.81. The third-order valence-corrected chi connectivity index (χ3v) is 3.84. The minimum absolute atomic E-state index is 0.0328. The molecule has 2 heteroatoms. The first-order valence-electron chi connectivity index (χ1n) is 7.14. The third kappa shape index (κ3) is 2.46. The van der Waals surface area contributed by atoms with E-state index in [0.717, 1.165) is 18.6 Å². The van der Waals surface area contributed by atoms with Crippen LogP contribution in [0.2, 0.25) is 0 Å². The van der Waals surface area contributed by atoms with Gasteiger partial charge < -0.3 is 4.74 Å². The lowest BCUT2D eigenvalue weighted by molar-refractivity contribution is 0.101. The summed E-state index contributed by atoms with van der Waals surface area (Å²) in [6.07, 6.45) is 4.65. The Labute approximate surface area is 119 Å². The Kier molecular flexibility index (Phi) is 3.55. The quantitative estimate of drug-likeness (QED) is 0.761. The second-order valence-corrected chi connectivity index (χ2v) is 5.26. The predicted molar refractivity (Wildman–Crippen MR) is 79.6 cm³/mol. The molecule has 0 bridgehead atoms. The van der Waals surface area contributed by atoms with Crippen LogP contribution in [0.25, 0.3) is 0 Å². The van der Waals surface area contributed by atoms with Crippen LogP contribution in [0.1, 0.15) is 41.3 Å². The van der Waals surface area contributed by atoms with E-state index in [4.69, 9.17) is 4.74 Å². The van der Waals surface area contributed by atoms with Crippen molar-refractivity contribution in [2.24, 2.45) is 0 Å². The van der Waals surface area contributed by atoms with Gasteiger partial charge in [-0.3, -0.25) is 4.79 Å². The molecule has 0 unspecified atom stereocenters. The molecule has 0 saturated heterocycles. The van der Waals surface area contributed by atoms with E-state index >= 15 is 0 Å². The molecule has 0 spiro atoms. The van der Waals surface area contributed by atoms with Crippen molar-refractivity contribution in [3.63, 3.8) is 0 Å². The number of carbonyl (C=O) groups excluding carboxylic acids is 1. The Morgan fingerprint density at radius 3 is 2.55 bits per heavy atom. The second-order valence-electron chi connectivity index (χ2n) is 5.26. The molecule has 102 valence electrons. The van der Waals surface area contributed by atoms with Gasteiger partial charge in [0.05, 0.1) is 5.56 Å². The molecule has 0 N–H and O–H groups in total. The third-order valence-electron chi connectivity index (χ3n) is 3.84. The van der Waals surface area contributed by atoms with E-state index in [0.29, 0.717) is 11.3 Å². The Balaban J connectivity index is 1.98. The number of fused-ring (bicyclic) bond motifs is 1. The number of aryl methyl sites for hydroxylation is 1. The molecule has 0 aromatic heterocycles. The van der Waals surface area contributed by atoms with Crippen molar-refractivity contribution in [2.75, 3.05) is 0 Å². The van der Waals surface area contributed by atoms with Crippen LogP contribution < -0.4 is 4.74 Å². The van der Waals surface area contributed by atoms with Gasteiger partial charge in [-0.2, -0.15) is 0 Å². The second kappa shape index (κ2) is 5.49. The van der Waals surface area contributed by atoms with Gasteiger partial charge in [-0.15, -0.1) is 0 Å². The molecule has 3 rings (SSSR count). The summed E-state index contributed by atoms with van der Waals surface area (Å²) in [7, 11) is 0. The molecule has 0 radical (unpaired) electrons. The van der Waals surface area contributed by atoms with Crippen LogP contribution in [0.5, 0.6) is 11.5 Å².